The van der Waals surface area contributed by atoms with Gasteiger partial charge in [0.1, 0.15) is 0 Å². The Bertz CT molecular complexity index is 441. The molecule has 0 saturated heterocycles. The fourth-order valence-corrected chi connectivity index (χ4v) is 1.78. The molecule has 2 nitrogen and oxygen atoms in total. The third-order valence-electron chi connectivity index (χ3n) is 2.38. The predicted molar refractivity (Wildman–Crippen MR) is 67.0 cm³/mol. The lowest BCUT2D eigenvalue weighted by Crippen LogP contribution is -2.02. The molecule has 0 bridgehead atoms. The molecule has 1 N–H and O–H groups in total. The summed E-state index contributed by atoms with van der Waals surface area (Å²) in [6, 6.07) is 13.4. The highest BCUT2D eigenvalue weighted by molar-refractivity contribution is 9.10. The van der Waals surface area contributed by atoms with E-state index in [4.69, 9.17) is 0 Å². The normalized spacial score (nSPS) is 12.4. The zero-order chi connectivity index (χ0) is 11.4. The van der Waals surface area contributed by atoms with E-state index < -0.39 is 6.10 Å². The van der Waals surface area contributed by atoms with Crippen molar-refractivity contribution in [3.05, 3.63) is 64.4 Å². The van der Waals surface area contributed by atoms with E-state index >= 15 is 0 Å². The summed E-state index contributed by atoms with van der Waals surface area (Å²) in [5.41, 5.74) is 1.81. The molecule has 0 unspecified atom stereocenters. The molecule has 0 radical (unpaired) electrons. The first-order chi connectivity index (χ1) is 7.75. The van der Waals surface area contributed by atoms with Crippen LogP contribution in [0, 0.1) is 0 Å². The van der Waals surface area contributed by atoms with E-state index in [9.17, 15) is 5.11 Å². The highest BCUT2D eigenvalue weighted by Gasteiger charge is 2.08. The van der Waals surface area contributed by atoms with Crippen molar-refractivity contribution in [1.29, 1.82) is 0 Å². The first-order valence-electron chi connectivity index (χ1n) is 5.09. The van der Waals surface area contributed by atoms with Crippen molar-refractivity contribution in [2.45, 2.75) is 12.5 Å². The van der Waals surface area contributed by atoms with Crippen LogP contribution in [0.2, 0.25) is 0 Å². The Morgan fingerprint density at radius 2 is 1.88 bits per heavy atom. The summed E-state index contributed by atoms with van der Waals surface area (Å²) < 4.78 is 1.02. The molecular weight excluding hydrogens is 266 g/mol. The van der Waals surface area contributed by atoms with Crippen LogP contribution in [-0.4, -0.2) is 10.1 Å². The van der Waals surface area contributed by atoms with Crippen molar-refractivity contribution >= 4 is 15.9 Å². The minimum Gasteiger partial charge on any atom is -0.388 e. The first kappa shape index (κ1) is 11.3. The number of halogens is 1. The number of aliphatic hydroxyl groups is 1. The van der Waals surface area contributed by atoms with E-state index in [-0.39, 0.29) is 0 Å². The Kier molecular flexibility index (Phi) is 3.70. The second-order valence-corrected chi connectivity index (χ2v) is 4.51. The Morgan fingerprint density at radius 1 is 1.12 bits per heavy atom. The van der Waals surface area contributed by atoms with Crippen LogP contribution >= 0.6 is 15.9 Å². The van der Waals surface area contributed by atoms with Gasteiger partial charge >= 0.3 is 0 Å². The second kappa shape index (κ2) is 5.23. The SMILES string of the molecule is O[C@H](Cc1ccccn1)c1ccc(Br)cc1. The standard InChI is InChI=1S/C13H12BrNO/c14-11-6-4-10(5-7-11)13(16)9-12-3-1-2-8-15-12/h1-8,13,16H,9H2/t13-/m1/s1. The molecule has 1 atom stereocenters. The molecule has 0 amide bonds. The van der Waals surface area contributed by atoms with Crippen molar-refractivity contribution in [2.75, 3.05) is 0 Å². The molecule has 0 saturated carbocycles. The number of pyridine rings is 1. The zero-order valence-corrected chi connectivity index (χ0v) is 10.3. The monoisotopic (exact) mass is 277 g/mol. The molecule has 2 aromatic rings. The van der Waals surface area contributed by atoms with Gasteiger partial charge in [0, 0.05) is 22.8 Å². The van der Waals surface area contributed by atoms with E-state index in [1.807, 2.05) is 42.5 Å². The molecule has 0 aliphatic heterocycles. The number of nitrogens with zero attached hydrogens (tertiary/aromatic N) is 1. The highest BCUT2D eigenvalue weighted by Crippen LogP contribution is 2.19. The third-order valence-corrected chi connectivity index (χ3v) is 2.91. The Balaban J connectivity index is 2.09. The van der Waals surface area contributed by atoms with Gasteiger partial charge in [0.2, 0.25) is 0 Å². The van der Waals surface area contributed by atoms with Crippen molar-refractivity contribution in [1.82, 2.24) is 4.98 Å². The molecule has 16 heavy (non-hydrogen) atoms. The molecule has 0 fully saturated rings. The van der Waals surface area contributed by atoms with Gasteiger partial charge in [-0.25, -0.2) is 0 Å². The molecule has 3 heteroatoms. The fraction of sp³-hybridized carbons (Fsp3) is 0.154. The molecule has 82 valence electrons. The number of benzene rings is 1. The summed E-state index contributed by atoms with van der Waals surface area (Å²) in [6.07, 6.45) is 1.79. The number of rotatable bonds is 3. The second-order valence-electron chi connectivity index (χ2n) is 3.59. The van der Waals surface area contributed by atoms with Crippen LogP contribution in [0.4, 0.5) is 0 Å². The van der Waals surface area contributed by atoms with E-state index in [2.05, 4.69) is 20.9 Å². The summed E-state index contributed by atoms with van der Waals surface area (Å²) >= 11 is 3.37. The lowest BCUT2D eigenvalue weighted by Gasteiger charge is -2.10. The van der Waals surface area contributed by atoms with Gasteiger partial charge in [0.05, 0.1) is 6.10 Å². The molecule has 1 aromatic carbocycles. The van der Waals surface area contributed by atoms with E-state index in [0.29, 0.717) is 6.42 Å². The van der Waals surface area contributed by atoms with Crippen molar-refractivity contribution in [3.63, 3.8) is 0 Å². The maximum Gasteiger partial charge on any atom is 0.0845 e. The highest BCUT2D eigenvalue weighted by atomic mass is 79.9. The minimum absolute atomic E-state index is 0.497. The van der Waals surface area contributed by atoms with Crippen LogP contribution in [0.3, 0.4) is 0 Å². The lowest BCUT2D eigenvalue weighted by atomic mass is 10.0. The fourth-order valence-electron chi connectivity index (χ4n) is 1.52. The molecule has 0 aliphatic rings. The first-order valence-corrected chi connectivity index (χ1v) is 5.88. The van der Waals surface area contributed by atoms with Gasteiger partial charge in [-0.2, -0.15) is 0 Å². The molecule has 2 rings (SSSR count). The Morgan fingerprint density at radius 3 is 2.50 bits per heavy atom. The summed E-state index contributed by atoms with van der Waals surface area (Å²) in [5.74, 6) is 0. The van der Waals surface area contributed by atoms with Crippen molar-refractivity contribution < 1.29 is 5.11 Å². The Hall–Kier alpha value is -1.19. The topological polar surface area (TPSA) is 33.1 Å². The van der Waals surface area contributed by atoms with Gasteiger partial charge in [-0.15, -0.1) is 0 Å². The van der Waals surface area contributed by atoms with Crippen LogP contribution in [0.25, 0.3) is 0 Å². The smallest absolute Gasteiger partial charge is 0.0845 e. The Labute approximate surface area is 103 Å². The lowest BCUT2D eigenvalue weighted by molar-refractivity contribution is 0.177. The van der Waals surface area contributed by atoms with Gasteiger partial charge in [-0.1, -0.05) is 34.1 Å². The van der Waals surface area contributed by atoms with Crippen molar-refractivity contribution in [2.24, 2.45) is 0 Å². The number of aliphatic hydroxyl groups excluding tert-OH is 1. The van der Waals surface area contributed by atoms with E-state index in [1.165, 1.54) is 0 Å². The maximum absolute atomic E-state index is 10.0. The van der Waals surface area contributed by atoms with Gasteiger partial charge in [-0.3, -0.25) is 4.98 Å². The molecule has 1 heterocycles. The summed E-state index contributed by atoms with van der Waals surface area (Å²) in [5, 5.41) is 10.0. The maximum atomic E-state index is 10.0. The quantitative estimate of drug-likeness (QED) is 0.935. The van der Waals surface area contributed by atoms with E-state index in [0.717, 1.165) is 15.7 Å². The average molecular weight is 278 g/mol. The van der Waals surface area contributed by atoms with Gasteiger partial charge < -0.3 is 5.11 Å². The number of hydrogen-bond donors (Lipinski definition) is 1. The van der Waals surface area contributed by atoms with Gasteiger partial charge in [0.15, 0.2) is 0 Å². The third kappa shape index (κ3) is 2.90. The average Bonchev–Trinajstić information content (AvgIpc) is 2.31. The number of aromatic nitrogens is 1. The van der Waals surface area contributed by atoms with Crippen LogP contribution in [-0.2, 0) is 6.42 Å². The molecule has 1 aromatic heterocycles. The van der Waals surface area contributed by atoms with Crippen LogP contribution in [0.15, 0.2) is 53.1 Å². The summed E-state index contributed by atoms with van der Waals surface area (Å²) in [7, 11) is 0. The minimum atomic E-state index is -0.497. The largest absolute Gasteiger partial charge is 0.388 e. The van der Waals surface area contributed by atoms with Crippen LogP contribution in [0.5, 0.6) is 0 Å². The summed E-state index contributed by atoms with van der Waals surface area (Å²) in [6.45, 7) is 0. The van der Waals surface area contributed by atoms with Gasteiger partial charge in [0.25, 0.3) is 0 Å². The predicted octanol–water partition coefficient (Wildman–Crippen LogP) is 3.12. The van der Waals surface area contributed by atoms with Crippen LogP contribution < -0.4 is 0 Å². The number of hydrogen-bond acceptors (Lipinski definition) is 2. The zero-order valence-electron chi connectivity index (χ0n) is 8.68. The van der Waals surface area contributed by atoms with Crippen LogP contribution in [0.1, 0.15) is 17.4 Å². The molecular formula is C13H12BrNO. The molecule has 0 aliphatic carbocycles. The van der Waals surface area contributed by atoms with Crippen molar-refractivity contribution in [3.8, 4) is 0 Å². The molecule has 0 spiro atoms. The van der Waals surface area contributed by atoms with E-state index in [1.54, 1.807) is 6.20 Å². The summed E-state index contributed by atoms with van der Waals surface area (Å²) in [4.78, 5) is 4.19. The van der Waals surface area contributed by atoms with Gasteiger partial charge in [-0.05, 0) is 29.8 Å².